The van der Waals surface area contributed by atoms with Gasteiger partial charge < -0.3 is 5.32 Å². The van der Waals surface area contributed by atoms with E-state index in [4.69, 9.17) is 0 Å². The molecule has 8 nitrogen and oxygen atoms in total. The molecule has 0 radical (unpaired) electrons. The SMILES string of the molecule is CC(C)[C@@H](C)NC(=O)CN1C(=O)c2ccc([N+](=O)[O-])cc2C1=O. The van der Waals surface area contributed by atoms with Crippen molar-refractivity contribution in [1.29, 1.82) is 0 Å². The second-order valence-electron chi connectivity index (χ2n) is 5.78. The van der Waals surface area contributed by atoms with Gasteiger partial charge in [0.1, 0.15) is 6.54 Å². The van der Waals surface area contributed by atoms with Crippen molar-refractivity contribution in [3.63, 3.8) is 0 Å². The van der Waals surface area contributed by atoms with Crippen LogP contribution in [-0.4, -0.2) is 40.1 Å². The molecule has 0 bridgehead atoms. The number of benzene rings is 1. The van der Waals surface area contributed by atoms with Crippen LogP contribution in [0, 0.1) is 16.0 Å². The molecule has 122 valence electrons. The van der Waals surface area contributed by atoms with Crippen molar-refractivity contribution in [2.75, 3.05) is 6.54 Å². The first-order valence-electron chi connectivity index (χ1n) is 7.16. The molecule has 1 atom stereocenters. The summed E-state index contributed by atoms with van der Waals surface area (Å²) in [7, 11) is 0. The quantitative estimate of drug-likeness (QED) is 0.500. The Labute approximate surface area is 132 Å². The Balaban J connectivity index is 2.17. The van der Waals surface area contributed by atoms with Crippen LogP contribution < -0.4 is 5.32 Å². The van der Waals surface area contributed by atoms with Gasteiger partial charge in [-0.25, -0.2) is 0 Å². The minimum atomic E-state index is -0.693. The predicted octanol–water partition coefficient (Wildman–Crippen LogP) is 1.35. The van der Waals surface area contributed by atoms with E-state index >= 15 is 0 Å². The minimum absolute atomic E-state index is 0.0473. The highest BCUT2D eigenvalue weighted by molar-refractivity contribution is 6.22. The number of nitro benzene ring substituents is 1. The molecule has 0 spiro atoms. The van der Waals surface area contributed by atoms with Gasteiger partial charge in [-0.2, -0.15) is 0 Å². The maximum atomic E-state index is 12.2. The summed E-state index contributed by atoms with van der Waals surface area (Å²) >= 11 is 0. The minimum Gasteiger partial charge on any atom is -0.352 e. The Morgan fingerprint density at radius 2 is 1.83 bits per heavy atom. The van der Waals surface area contributed by atoms with Crippen molar-refractivity contribution >= 4 is 23.4 Å². The van der Waals surface area contributed by atoms with Gasteiger partial charge in [0.05, 0.1) is 16.1 Å². The molecule has 1 aromatic carbocycles. The first-order valence-corrected chi connectivity index (χ1v) is 7.16. The molecule has 3 amide bonds. The summed E-state index contributed by atoms with van der Waals surface area (Å²) in [5.74, 6) is -1.55. The lowest BCUT2D eigenvalue weighted by atomic mass is 10.1. The zero-order valence-electron chi connectivity index (χ0n) is 13.0. The average Bonchev–Trinajstić information content (AvgIpc) is 2.71. The molecular formula is C15H17N3O5. The molecule has 23 heavy (non-hydrogen) atoms. The van der Waals surface area contributed by atoms with Gasteiger partial charge in [0.15, 0.2) is 0 Å². The van der Waals surface area contributed by atoms with Crippen LogP contribution in [0.15, 0.2) is 18.2 Å². The van der Waals surface area contributed by atoms with Crippen LogP contribution >= 0.6 is 0 Å². The number of amides is 3. The third-order valence-corrected chi connectivity index (χ3v) is 3.86. The largest absolute Gasteiger partial charge is 0.352 e. The highest BCUT2D eigenvalue weighted by Gasteiger charge is 2.37. The number of nitrogens with zero attached hydrogens (tertiary/aromatic N) is 2. The van der Waals surface area contributed by atoms with Crippen LogP contribution in [0.4, 0.5) is 5.69 Å². The fraction of sp³-hybridized carbons (Fsp3) is 0.400. The van der Waals surface area contributed by atoms with Crippen LogP contribution in [0.5, 0.6) is 0 Å². The fourth-order valence-electron chi connectivity index (χ4n) is 2.15. The Hall–Kier alpha value is -2.77. The van der Waals surface area contributed by atoms with Gasteiger partial charge in [0, 0.05) is 18.2 Å². The molecule has 1 N–H and O–H groups in total. The Morgan fingerprint density at radius 1 is 1.22 bits per heavy atom. The highest BCUT2D eigenvalue weighted by atomic mass is 16.6. The molecule has 2 rings (SSSR count). The molecule has 1 aliphatic rings. The summed E-state index contributed by atoms with van der Waals surface area (Å²) in [6.07, 6.45) is 0. The molecule has 1 aromatic rings. The van der Waals surface area contributed by atoms with Crippen molar-refractivity contribution in [1.82, 2.24) is 10.2 Å². The van der Waals surface area contributed by atoms with Crippen LogP contribution in [0.3, 0.4) is 0 Å². The number of nitrogens with one attached hydrogen (secondary N) is 1. The molecule has 1 heterocycles. The number of fused-ring (bicyclic) bond motifs is 1. The number of non-ortho nitro benzene ring substituents is 1. The molecular weight excluding hydrogens is 302 g/mol. The van der Waals surface area contributed by atoms with Gasteiger partial charge >= 0.3 is 0 Å². The van der Waals surface area contributed by atoms with E-state index in [1.165, 1.54) is 6.07 Å². The predicted molar refractivity (Wildman–Crippen MR) is 80.9 cm³/mol. The lowest BCUT2D eigenvalue weighted by Gasteiger charge is -2.19. The fourth-order valence-corrected chi connectivity index (χ4v) is 2.15. The first kappa shape index (κ1) is 16.6. The van der Waals surface area contributed by atoms with E-state index in [1.807, 2.05) is 20.8 Å². The monoisotopic (exact) mass is 319 g/mol. The van der Waals surface area contributed by atoms with Gasteiger partial charge in [-0.15, -0.1) is 0 Å². The lowest BCUT2D eigenvalue weighted by molar-refractivity contribution is -0.384. The Bertz CT molecular complexity index is 698. The number of hydrogen-bond donors (Lipinski definition) is 1. The van der Waals surface area contributed by atoms with Crippen molar-refractivity contribution in [2.24, 2.45) is 5.92 Å². The van der Waals surface area contributed by atoms with E-state index in [-0.39, 0.29) is 28.8 Å². The molecule has 0 aromatic heterocycles. The summed E-state index contributed by atoms with van der Waals surface area (Å²) < 4.78 is 0. The second kappa shape index (κ2) is 6.15. The summed E-state index contributed by atoms with van der Waals surface area (Å²) in [5.41, 5.74) is -0.246. The number of imide groups is 1. The number of nitro groups is 1. The van der Waals surface area contributed by atoms with E-state index in [9.17, 15) is 24.5 Å². The van der Waals surface area contributed by atoms with Gasteiger partial charge in [0.2, 0.25) is 5.91 Å². The van der Waals surface area contributed by atoms with E-state index in [1.54, 1.807) is 0 Å². The number of hydrogen-bond acceptors (Lipinski definition) is 5. The zero-order valence-corrected chi connectivity index (χ0v) is 13.0. The summed E-state index contributed by atoms with van der Waals surface area (Å²) in [6, 6.07) is 3.36. The van der Waals surface area contributed by atoms with Crippen LogP contribution in [0.2, 0.25) is 0 Å². The molecule has 1 aliphatic heterocycles. The molecule has 0 saturated heterocycles. The van der Waals surface area contributed by atoms with Crippen molar-refractivity contribution in [3.8, 4) is 0 Å². The maximum Gasteiger partial charge on any atom is 0.270 e. The van der Waals surface area contributed by atoms with Gasteiger partial charge in [-0.1, -0.05) is 13.8 Å². The second-order valence-corrected chi connectivity index (χ2v) is 5.78. The molecule has 0 unspecified atom stereocenters. The smallest absolute Gasteiger partial charge is 0.270 e. The maximum absolute atomic E-state index is 12.2. The number of rotatable bonds is 5. The summed E-state index contributed by atoms with van der Waals surface area (Å²) in [6.45, 7) is 5.30. The van der Waals surface area contributed by atoms with Gasteiger partial charge in [0.25, 0.3) is 17.5 Å². The van der Waals surface area contributed by atoms with Crippen molar-refractivity contribution < 1.29 is 19.3 Å². The number of carbonyl (C=O) groups is 3. The lowest BCUT2D eigenvalue weighted by Crippen LogP contribution is -2.44. The normalized spacial score (nSPS) is 14.9. The zero-order chi connectivity index (χ0) is 17.3. The standard InChI is InChI=1S/C15H17N3O5/c1-8(2)9(3)16-13(19)7-17-14(20)11-5-4-10(18(22)23)6-12(11)15(17)21/h4-6,8-9H,7H2,1-3H3,(H,16,19)/t9-/m1/s1. The van der Waals surface area contributed by atoms with Crippen LogP contribution in [-0.2, 0) is 4.79 Å². The highest BCUT2D eigenvalue weighted by Crippen LogP contribution is 2.26. The Morgan fingerprint density at radius 3 is 2.39 bits per heavy atom. The third-order valence-electron chi connectivity index (χ3n) is 3.86. The van der Waals surface area contributed by atoms with E-state index in [2.05, 4.69) is 5.32 Å². The van der Waals surface area contributed by atoms with E-state index < -0.39 is 29.2 Å². The van der Waals surface area contributed by atoms with Gasteiger partial charge in [-0.3, -0.25) is 29.4 Å². The molecule has 0 fully saturated rings. The van der Waals surface area contributed by atoms with Gasteiger partial charge in [-0.05, 0) is 18.9 Å². The summed E-state index contributed by atoms with van der Waals surface area (Å²) in [5, 5.41) is 13.5. The van der Waals surface area contributed by atoms with Crippen molar-refractivity contribution in [3.05, 3.63) is 39.4 Å². The molecule has 0 aliphatic carbocycles. The third kappa shape index (κ3) is 3.20. The topological polar surface area (TPSA) is 110 Å². The van der Waals surface area contributed by atoms with Crippen LogP contribution in [0.1, 0.15) is 41.5 Å². The molecule has 0 saturated carbocycles. The van der Waals surface area contributed by atoms with E-state index in [0.717, 1.165) is 17.0 Å². The first-order chi connectivity index (χ1) is 10.7. The van der Waals surface area contributed by atoms with Crippen LogP contribution in [0.25, 0.3) is 0 Å². The number of carbonyl (C=O) groups excluding carboxylic acids is 3. The Kier molecular flexibility index (Phi) is 4.44. The molecule has 8 heteroatoms. The van der Waals surface area contributed by atoms with Crippen molar-refractivity contribution in [2.45, 2.75) is 26.8 Å². The average molecular weight is 319 g/mol. The summed E-state index contributed by atoms with van der Waals surface area (Å²) in [4.78, 5) is 47.3. The van der Waals surface area contributed by atoms with E-state index in [0.29, 0.717) is 0 Å².